The first-order valence-corrected chi connectivity index (χ1v) is 5.66. The normalized spacial score (nSPS) is 10.2. The van der Waals surface area contributed by atoms with E-state index in [-0.39, 0.29) is 0 Å². The molecule has 2 N–H and O–H groups in total. The third-order valence-electron chi connectivity index (χ3n) is 2.90. The highest BCUT2D eigenvalue weighted by atomic mass is 16.5. The predicted octanol–water partition coefficient (Wildman–Crippen LogP) is 2.44. The first kappa shape index (κ1) is 12.3. The van der Waals surface area contributed by atoms with Crippen LogP contribution in [0.4, 0.5) is 5.82 Å². The summed E-state index contributed by atoms with van der Waals surface area (Å²) in [6, 6.07) is 5.81. The summed E-state index contributed by atoms with van der Waals surface area (Å²) < 4.78 is 10.8. The molecule has 0 saturated heterocycles. The first-order chi connectivity index (χ1) is 8.71. The van der Waals surface area contributed by atoms with Crippen LogP contribution in [0.2, 0.25) is 0 Å². The van der Waals surface area contributed by atoms with Crippen molar-refractivity contribution in [2.75, 3.05) is 26.6 Å². The molecular weight excluding hydrogens is 230 g/mol. The number of ether oxygens (including phenoxy) is 2. The van der Waals surface area contributed by atoms with E-state index in [0.29, 0.717) is 0 Å². The van der Waals surface area contributed by atoms with Gasteiger partial charge in [-0.15, -0.1) is 0 Å². The number of nitrogens with zero attached hydrogens (tertiary/aromatic N) is 1. The van der Waals surface area contributed by atoms with Crippen LogP contribution in [0.5, 0.6) is 11.5 Å². The number of rotatable bonds is 4. The average molecular weight is 247 g/mol. The van der Waals surface area contributed by atoms with Gasteiger partial charge in [0, 0.05) is 24.2 Å². The van der Waals surface area contributed by atoms with Gasteiger partial charge in [0.25, 0.3) is 0 Å². The third-order valence-corrected chi connectivity index (χ3v) is 2.90. The van der Waals surface area contributed by atoms with Crippen LogP contribution < -0.4 is 14.8 Å². The van der Waals surface area contributed by atoms with Crippen molar-refractivity contribution < 1.29 is 9.47 Å². The van der Waals surface area contributed by atoms with Crippen molar-refractivity contribution in [1.29, 1.82) is 0 Å². The second kappa shape index (κ2) is 5.00. The summed E-state index contributed by atoms with van der Waals surface area (Å²) in [5.41, 5.74) is 2.84. The molecule has 0 aliphatic rings. The maximum Gasteiger partial charge on any atom is 0.148 e. The smallest absolute Gasteiger partial charge is 0.148 e. The molecule has 1 aromatic heterocycles. The molecule has 5 nitrogen and oxygen atoms in total. The highest BCUT2D eigenvalue weighted by molar-refractivity contribution is 5.73. The Morgan fingerprint density at radius 2 is 2.00 bits per heavy atom. The Kier molecular flexibility index (Phi) is 3.41. The van der Waals surface area contributed by atoms with Crippen LogP contribution in [0.3, 0.4) is 0 Å². The fourth-order valence-electron chi connectivity index (χ4n) is 1.96. The largest absolute Gasteiger partial charge is 0.496 e. The highest BCUT2D eigenvalue weighted by Crippen LogP contribution is 2.37. The quantitative estimate of drug-likeness (QED) is 0.871. The van der Waals surface area contributed by atoms with Crippen LogP contribution >= 0.6 is 0 Å². The van der Waals surface area contributed by atoms with Crippen LogP contribution in [-0.4, -0.2) is 31.5 Å². The Bertz CT molecular complexity index is 549. The van der Waals surface area contributed by atoms with Crippen LogP contribution in [0.15, 0.2) is 18.2 Å². The van der Waals surface area contributed by atoms with Crippen molar-refractivity contribution >= 4 is 5.82 Å². The Morgan fingerprint density at radius 1 is 1.22 bits per heavy atom. The lowest BCUT2D eigenvalue weighted by Gasteiger charge is -2.13. The fraction of sp³-hybridized carbons (Fsp3) is 0.308. The predicted molar refractivity (Wildman–Crippen MR) is 71.4 cm³/mol. The van der Waals surface area contributed by atoms with E-state index in [2.05, 4.69) is 15.5 Å². The van der Waals surface area contributed by atoms with Crippen molar-refractivity contribution in [2.24, 2.45) is 0 Å². The summed E-state index contributed by atoms with van der Waals surface area (Å²) >= 11 is 0. The topological polar surface area (TPSA) is 59.2 Å². The Balaban J connectivity index is 2.53. The maximum absolute atomic E-state index is 5.47. The molecule has 18 heavy (non-hydrogen) atoms. The number of hydrogen-bond acceptors (Lipinski definition) is 4. The molecule has 2 rings (SSSR count). The van der Waals surface area contributed by atoms with Gasteiger partial charge in [-0.1, -0.05) is 0 Å². The van der Waals surface area contributed by atoms with Gasteiger partial charge in [-0.25, -0.2) is 0 Å². The summed E-state index contributed by atoms with van der Waals surface area (Å²) in [5, 5.41) is 10.1. The van der Waals surface area contributed by atoms with Gasteiger partial charge in [0.2, 0.25) is 0 Å². The lowest BCUT2D eigenvalue weighted by molar-refractivity contribution is 0.390. The summed E-state index contributed by atoms with van der Waals surface area (Å²) in [6.07, 6.45) is 0. The van der Waals surface area contributed by atoms with Crippen molar-refractivity contribution in [2.45, 2.75) is 6.92 Å². The van der Waals surface area contributed by atoms with Gasteiger partial charge in [0.15, 0.2) is 0 Å². The molecule has 0 bridgehead atoms. The summed E-state index contributed by atoms with van der Waals surface area (Å²) in [6.45, 7) is 1.97. The van der Waals surface area contributed by atoms with Gasteiger partial charge >= 0.3 is 0 Å². The highest BCUT2D eigenvalue weighted by Gasteiger charge is 2.14. The van der Waals surface area contributed by atoms with Gasteiger partial charge in [-0.2, -0.15) is 5.10 Å². The molecule has 1 heterocycles. The standard InChI is InChI=1S/C13H17N3O2/c1-8-11(17-3)6-5-9(13(8)18-4)10-7-12(14-2)16-15-10/h5-7H,1-4H3,(H2,14,15,16). The molecule has 0 saturated carbocycles. The van der Waals surface area contributed by atoms with Gasteiger partial charge in [0.1, 0.15) is 17.3 Å². The zero-order chi connectivity index (χ0) is 13.1. The van der Waals surface area contributed by atoms with Crippen LogP contribution in [0.1, 0.15) is 5.56 Å². The zero-order valence-electron chi connectivity index (χ0n) is 11.0. The minimum atomic E-state index is 0.792. The van der Waals surface area contributed by atoms with E-state index in [9.17, 15) is 0 Å². The number of nitrogens with one attached hydrogen (secondary N) is 2. The molecule has 2 aromatic rings. The molecule has 5 heteroatoms. The molecule has 0 atom stereocenters. The first-order valence-electron chi connectivity index (χ1n) is 5.66. The molecule has 0 fully saturated rings. The molecular formula is C13H17N3O2. The van der Waals surface area contributed by atoms with E-state index in [1.165, 1.54) is 0 Å². The Labute approximate surface area is 106 Å². The lowest BCUT2D eigenvalue weighted by atomic mass is 10.1. The monoisotopic (exact) mass is 247 g/mol. The van der Waals surface area contributed by atoms with Crippen molar-refractivity contribution in [3.63, 3.8) is 0 Å². The maximum atomic E-state index is 5.47. The van der Waals surface area contributed by atoms with Gasteiger partial charge in [-0.05, 0) is 19.1 Å². The minimum Gasteiger partial charge on any atom is -0.496 e. The number of aromatic amines is 1. The number of hydrogen-bond donors (Lipinski definition) is 2. The molecule has 0 amide bonds. The number of benzene rings is 1. The number of anilines is 1. The van der Waals surface area contributed by atoms with Crippen LogP contribution in [0, 0.1) is 6.92 Å². The number of H-pyrrole nitrogens is 1. The Morgan fingerprint density at radius 3 is 2.56 bits per heavy atom. The molecule has 0 unspecified atom stereocenters. The van der Waals surface area contributed by atoms with E-state index >= 15 is 0 Å². The van der Waals surface area contributed by atoms with E-state index in [1.54, 1.807) is 14.2 Å². The van der Waals surface area contributed by atoms with E-state index in [1.807, 2.05) is 32.2 Å². The lowest BCUT2D eigenvalue weighted by Crippen LogP contribution is -1.95. The van der Waals surface area contributed by atoms with Crippen molar-refractivity contribution in [1.82, 2.24) is 10.2 Å². The van der Waals surface area contributed by atoms with E-state index < -0.39 is 0 Å². The second-order valence-electron chi connectivity index (χ2n) is 3.89. The molecule has 96 valence electrons. The SMILES string of the molecule is CNc1cc(-c2ccc(OC)c(C)c2OC)[nH]n1. The third kappa shape index (κ3) is 1.99. The number of aromatic nitrogens is 2. The molecule has 0 radical (unpaired) electrons. The average Bonchev–Trinajstić information content (AvgIpc) is 2.87. The van der Waals surface area contributed by atoms with Crippen LogP contribution in [0.25, 0.3) is 11.3 Å². The van der Waals surface area contributed by atoms with Gasteiger partial charge in [0.05, 0.1) is 19.9 Å². The molecule has 1 aromatic carbocycles. The summed E-state index contributed by atoms with van der Waals surface area (Å²) in [7, 11) is 5.13. The number of methoxy groups -OCH3 is 2. The summed E-state index contributed by atoms with van der Waals surface area (Å²) in [4.78, 5) is 0. The van der Waals surface area contributed by atoms with Gasteiger partial charge < -0.3 is 14.8 Å². The van der Waals surface area contributed by atoms with Crippen LogP contribution in [-0.2, 0) is 0 Å². The molecule has 0 spiro atoms. The zero-order valence-corrected chi connectivity index (χ0v) is 11.0. The Hall–Kier alpha value is -2.17. The van der Waals surface area contributed by atoms with Crippen molar-refractivity contribution in [3.8, 4) is 22.8 Å². The molecule has 0 aliphatic carbocycles. The minimum absolute atomic E-state index is 0.792. The van der Waals surface area contributed by atoms with E-state index in [4.69, 9.17) is 9.47 Å². The molecule has 0 aliphatic heterocycles. The van der Waals surface area contributed by atoms with E-state index in [0.717, 1.165) is 34.1 Å². The fourth-order valence-corrected chi connectivity index (χ4v) is 1.96. The van der Waals surface area contributed by atoms with Gasteiger partial charge in [-0.3, -0.25) is 5.10 Å². The second-order valence-corrected chi connectivity index (χ2v) is 3.89. The van der Waals surface area contributed by atoms with Crippen molar-refractivity contribution in [3.05, 3.63) is 23.8 Å². The summed E-state index contributed by atoms with van der Waals surface area (Å²) in [5.74, 6) is 2.39.